The van der Waals surface area contributed by atoms with E-state index in [1.807, 2.05) is 31.6 Å². The fourth-order valence-electron chi connectivity index (χ4n) is 3.16. The standard InChI is InChI=1S/C18H28N8O/c1-6-26-11-15(22-23-26)9-19-14-7-8-25(10-14)17-12(2)13(3)20-16(21-17)18(27)24(4)5/h11,14,19H,6-10H2,1-5H3/t14-/m1/s1. The largest absolute Gasteiger partial charge is 0.355 e. The molecular formula is C18H28N8O. The van der Waals surface area contributed by atoms with Crippen LogP contribution < -0.4 is 10.2 Å². The van der Waals surface area contributed by atoms with Crippen LogP contribution in [0.5, 0.6) is 0 Å². The number of hydrogen-bond acceptors (Lipinski definition) is 7. The number of nitrogens with one attached hydrogen (secondary N) is 1. The van der Waals surface area contributed by atoms with Gasteiger partial charge in [-0.1, -0.05) is 5.21 Å². The number of aryl methyl sites for hydroxylation is 2. The normalized spacial score (nSPS) is 16.8. The molecule has 1 saturated heterocycles. The van der Waals surface area contributed by atoms with Gasteiger partial charge in [0.15, 0.2) is 0 Å². The van der Waals surface area contributed by atoms with E-state index in [2.05, 4.69) is 30.5 Å². The molecule has 0 saturated carbocycles. The van der Waals surface area contributed by atoms with Gasteiger partial charge in [0.05, 0.1) is 5.69 Å². The predicted molar refractivity (Wildman–Crippen MR) is 103 cm³/mol. The van der Waals surface area contributed by atoms with E-state index in [0.29, 0.717) is 12.6 Å². The van der Waals surface area contributed by atoms with E-state index in [-0.39, 0.29) is 11.7 Å². The van der Waals surface area contributed by atoms with Gasteiger partial charge < -0.3 is 15.1 Å². The minimum atomic E-state index is -0.174. The van der Waals surface area contributed by atoms with Gasteiger partial charge in [0.2, 0.25) is 5.82 Å². The molecule has 0 unspecified atom stereocenters. The first kappa shape index (κ1) is 19.2. The molecule has 27 heavy (non-hydrogen) atoms. The summed E-state index contributed by atoms with van der Waals surface area (Å²) < 4.78 is 1.83. The highest BCUT2D eigenvalue weighted by Gasteiger charge is 2.26. The number of anilines is 1. The number of aromatic nitrogens is 5. The molecule has 146 valence electrons. The van der Waals surface area contributed by atoms with Crippen molar-refractivity contribution in [3.05, 3.63) is 29.0 Å². The van der Waals surface area contributed by atoms with Crippen molar-refractivity contribution in [3.63, 3.8) is 0 Å². The molecule has 0 radical (unpaired) electrons. The van der Waals surface area contributed by atoms with Crippen LogP contribution in [0.15, 0.2) is 6.20 Å². The van der Waals surface area contributed by atoms with E-state index >= 15 is 0 Å². The first-order chi connectivity index (χ1) is 12.9. The number of carbonyl (C=O) groups excluding carboxylic acids is 1. The van der Waals surface area contributed by atoms with Gasteiger partial charge in [-0.2, -0.15) is 0 Å². The van der Waals surface area contributed by atoms with Crippen molar-refractivity contribution in [1.82, 2.24) is 35.2 Å². The number of nitrogens with zero attached hydrogens (tertiary/aromatic N) is 7. The Hall–Kier alpha value is -2.55. The van der Waals surface area contributed by atoms with Crippen LogP contribution in [0.25, 0.3) is 0 Å². The van der Waals surface area contributed by atoms with Crippen molar-refractivity contribution in [2.75, 3.05) is 32.1 Å². The molecule has 3 heterocycles. The Labute approximate surface area is 159 Å². The molecule has 1 aliphatic rings. The SMILES string of the molecule is CCn1cc(CN[C@@H]2CCN(c3nc(C(=O)N(C)C)nc(C)c3C)C2)nn1. The third-order valence-corrected chi connectivity index (χ3v) is 4.93. The molecule has 1 amide bonds. The van der Waals surface area contributed by atoms with Crippen LogP contribution >= 0.6 is 0 Å². The maximum atomic E-state index is 12.3. The Morgan fingerprint density at radius 1 is 1.33 bits per heavy atom. The zero-order chi connectivity index (χ0) is 19.6. The van der Waals surface area contributed by atoms with Gasteiger partial charge >= 0.3 is 0 Å². The number of rotatable bonds is 6. The van der Waals surface area contributed by atoms with Crippen molar-refractivity contribution in [2.45, 2.75) is 46.3 Å². The monoisotopic (exact) mass is 372 g/mol. The lowest BCUT2D eigenvalue weighted by Crippen LogP contribution is -2.33. The van der Waals surface area contributed by atoms with E-state index in [4.69, 9.17) is 0 Å². The number of amides is 1. The minimum absolute atomic E-state index is 0.174. The second kappa shape index (κ2) is 7.99. The molecule has 9 heteroatoms. The Balaban J connectivity index is 1.68. The highest BCUT2D eigenvalue weighted by atomic mass is 16.2. The van der Waals surface area contributed by atoms with Gasteiger partial charge in [-0.3, -0.25) is 9.48 Å². The maximum Gasteiger partial charge on any atom is 0.291 e. The molecule has 3 rings (SSSR count). The van der Waals surface area contributed by atoms with Gasteiger partial charge in [0, 0.05) is 63.8 Å². The van der Waals surface area contributed by atoms with Crippen LogP contribution in [-0.4, -0.2) is 69.0 Å². The van der Waals surface area contributed by atoms with Gasteiger partial charge in [-0.25, -0.2) is 9.97 Å². The van der Waals surface area contributed by atoms with Crippen molar-refractivity contribution in [1.29, 1.82) is 0 Å². The molecule has 0 aromatic carbocycles. The zero-order valence-corrected chi connectivity index (χ0v) is 16.7. The summed E-state index contributed by atoms with van der Waals surface area (Å²) in [5.41, 5.74) is 2.82. The molecule has 1 aliphatic heterocycles. The zero-order valence-electron chi connectivity index (χ0n) is 16.7. The van der Waals surface area contributed by atoms with Gasteiger partial charge in [0.1, 0.15) is 5.82 Å². The Bertz CT molecular complexity index is 816. The highest BCUT2D eigenvalue weighted by molar-refractivity contribution is 5.90. The third kappa shape index (κ3) is 4.24. The molecule has 9 nitrogen and oxygen atoms in total. The van der Waals surface area contributed by atoms with Crippen LogP contribution in [0.2, 0.25) is 0 Å². The molecule has 2 aromatic heterocycles. The van der Waals surface area contributed by atoms with Crippen LogP contribution in [0.1, 0.15) is 40.9 Å². The molecule has 0 aliphatic carbocycles. The van der Waals surface area contributed by atoms with E-state index < -0.39 is 0 Å². The topological polar surface area (TPSA) is 92.1 Å². The first-order valence-corrected chi connectivity index (χ1v) is 9.33. The quantitative estimate of drug-likeness (QED) is 0.801. The van der Waals surface area contributed by atoms with E-state index in [1.165, 1.54) is 4.90 Å². The minimum Gasteiger partial charge on any atom is -0.355 e. The second-order valence-corrected chi connectivity index (χ2v) is 7.16. The second-order valence-electron chi connectivity index (χ2n) is 7.16. The maximum absolute atomic E-state index is 12.3. The molecule has 1 atom stereocenters. The summed E-state index contributed by atoms with van der Waals surface area (Å²) in [5.74, 6) is 0.937. The molecular weight excluding hydrogens is 344 g/mol. The lowest BCUT2D eigenvalue weighted by atomic mass is 10.2. The molecule has 1 N–H and O–H groups in total. The van der Waals surface area contributed by atoms with Crippen molar-refractivity contribution >= 4 is 11.7 Å². The summed E-state index contributed by atoms with van der Waals surface area (Å²) >= 11 is 0. The molecule has 0 bridgehead atoms. The molecule has 1 fully saturated rings. The lowest BCUT2D eigenvalue weighted by Gasteiger charge is -2.22. The fraction of sp³-hybridized carbons (Fsp3) is 0.611. The van der Waals surface area contributed by atoms with Gasteiger partial charge in [0.25, 0.3) is 5.91 Å². The van der Waals surface area contributed by atoms with E-state index in [9.17, 15) is 4.79 Å². The highest BCUT2D eigenvalue weighted by Crippen LogP contribution is 2.24. The average Bonchev–Trinajstić information content (AvgIpc) is 3.30. The first-order valence-electron chi connectivity index (χ1n) is 9.33. The van der Waals surface area contributed by atoms with Crippen LogP contribution in [0, 0.1) is 13.8 Å². The number of hydrogen-bond donors (Lipinski definition) is 1. The van der Waals surface area contributed by atoms with Gasteiger partial charge in [-0.15, -0.1) is 5.10 Å². The Kier molecular flexibility index (Phi) is 5.69. The third-order valence-electron chi connectivity index (χ3n) is 4.93. The summed E-state index contributed by atoms with van der Waals surface area (Å²) in [4.78, 5) is 25.0. The Morgan fingerprint density at radius 3 is 2.78 bits per heavy atom. The summed E-state index contributed by atoms with van der Waals surface area (Å²) in [6, 6.07) is 0.347. The summed E-state index contributed by atoms with van der Waals surface area (Å²) in [5, 5.41) is 11.8. The fourth-order valence-corrected chi connectivity index (χ4v) is 3.16. The molecule has 2 aromatic rings. The van der Waals surface area contributed by atoms with Crippen molar-refractivity contribution < 1.29 is 4.79 Å². The summed E-state index contributed by atoms with van der Waals surface area (Å²) in [7, 11) is 3.43. The smallest absolute Gasteiger partial charge is 0.291 e. The van der Waals surface area contributed by atoms with E-state index in [0.717, 1.165) is 48.8 Å². The molecule has 0 spiro atoms. The summed E-state index contributed by atoms with van der Waals surface area (Å²) in [6.45, 7) is 9.24. The number of carbonyl (C=O) groups is 1. The lowest BCUT2D eigenvalue weighted by molar-refractivity contribution is 0.0815. The average molecular weight is 372 g/mol. The van der Waals surface area contributed by atoms with Crippen LogP contribution in [0.3, 0.4) is 0 Å². The van der Waals surface area contributed by atoms with Crippen LogP contribution in [-0.2, 0) is 13.1 Å². The predicted octanol–water partition coefficient (Wildman–Crippen LogP) is 0.775. The van der Waals surface area contributed by atoms with Crippen molar-refractivity contribution in [3.8, 4) is 0 Å². The summed E-state index contributed by atoms with van der Waals surface area (Å²) in [6.07, 6.45) is 2.98. The van der Waals surface area contributed by atoms with Crippen LogP contribution in [0.4, 0.5) is 5.82 Å². The van der Waals surface area contributed by atoms with Crippen molar-refractivity contribution in [2.24, 2.45) is 0 Å². The van der Waals surface area contributed by atoms with Gasteiger partial charge in [-0.05, 0) is 27.2 Å². The Morgan fingerprint density at radius 2 is 2.11 bits per heavy atom. The van der Waals surface area contributed by atoms with E-state index in [1.54, 1.807) is 14.1 Å².